The Morgan fingerprint density at radius 2 is 2.20 bits per heavy atom. The first-order chi connectivity index (χ1) is 11.8. The fourth-order valence-electron chi connectivity index (χ4n) is 3.13. The number of alkyl halides is 3. The molecule has 3 heterocycles. The van der Waals surface area contributed by atoms with Crippen molar-refractivity contribution in [3.63, 3.8) is 0 Å². The maximum atomic E-state index is 12.7. The molecule has 136 valence electrons. The molecule has 1 fully saturated rings. The number of nitrogens with zero attached hydrogens (tertiary/aromatic N) is 4. The van der Waals surface area contributed by atoms with E-state index in [9.17, 15) is 18.0 Å². The van der Waals surface area contributed by atoms with Crippen molar-refractivity contribution in [2.45, 2.75) is 37.8 Å². The second kappa shape index (κ2) is 6.89. The Balaban J connectivity index is 1.60. The smallest absolute Gasteiger partial charge is 0.342 e. The van der Waals surface area contributed by atoms with Crippen LogP contribution in [0, 0.1) is 0 Å². The molecule has 6 nitrogen and oxygen atoms in total. The number of amides is 1. The molecule has 1 N–H and O–H groups in total. The van der Waals surface area contributed by atoms with E-state index in [0.29, 0.717) is 31.8 Å². The molecule has 25 heavy (non-hydrogen) atoms. The Labute approximate surface area is 143 Å². The van der Waals surface area contributed by atoms with Gasteiger partial charge in [0.1, 0.15) is 11.5 Å². The molecule has 0 aliphatic carbocycles. The molecular formula is C16H20F3N5O. The summed E-state index contributed by atoms with van der Waals surface area (Å²) in [7, 11) is 1.87. The van der Waals surface area contributed by atoms with Crippen molar-refractivity contribution in [1.82, 2.24) is 24.4 Å². The van der Waals surface area contributed by atoms with E-state index >= 15 is 0 Å². The number of carbonyl (C=O) groups excluding carboxylic acids is 1. The molecule has 0 bridgehead atoms. The van der Waals surface area contributed by atoms with Crippen molar-refractivity contribution in [2.24, 2.45) is 7.05 Å². The molecule has 0 spiro atoms. The number of aromatic amines is 1. The Bertz CT molecular complexity index is 736. The Hall–Kier alpha value is -2.32. The maximum absolute atomic E-state index is 12.7. The van der Waals surface area contributed by atoms with Crippen molar-refractivity contribution >= 4 is 5.91 Å². The van der Waals surface area contributed by atoms with Crippen LogP contribution in [-0.2, 0) is 24.4 Å². The van der Waals surface area contributed by atoms with Gasteiger partial charge in [0, 0.05) is 44.4 Å². The minimum atomic E-state index is -4.43. The number of halogens is 3. The number of aryl methyl sites for hydroxylation is 2. The van der Waals surface area contributed by atoms with Crippen molar-refractivity contribution in [3.8, 4) is 0 Å². The van der Waals surface area contributed by atoms with Crippen LogP contribution in [0.3, 0.4) is 0 Å². The lowest BCUT2D eigenvalue weighted by molar-refractivity contribution is -0.141. The molecule has 1 saturated heterocycles. The SMILES string of the molecule is Cn1cncc1CCC(=O)N1CCCC(c2ncc(C(F)(F)F)[nH]2)C1. The van der Waals surface area contributed by atoms with Gasteiger partial charge in [-0.1, -0.05) is 0 Å². The molecule has 0 radical (unpaired) electrons. The van der Waals surface area contributed by atoms with Crippen LogP contribution in [0.4, 0.5) is 13.2 Å². The van der Waals surface area contributed by atoms with Crippen LogP contribution >= 0.6 is 0 Å². The molecule has 9 heteroatoms. The van der Waals surface area contributed by atoms with Crippen molar-refractivity contribution < 1.29 is 18.0 Å². The summed E-state index contributed by atoms with van der Waals surface area (Å²) in [6.07, 6.45) is 2.23. The van der Waals surface area contributed by atoms with E-state index in [1.165, 1.54) is 0 Å². The molecule has 2 aromatic heterocycles. The number of likely N-dealkylation sites (tertiary alicyclic amines) is 1. The highest BCUT2D eigenvalue weighted by atomic mass is 19.4. The van der Waals surface area contributed by atoms with Gasteiger partial charge < -0.3 is 14.5 Å². The molecular weight excluding hydrogens is 335 g/mol. The first kappa shape index (κ1) is 17.5. The van der Waals surface area contributed by atoms with Gasteiger partial charge in [0.15, 0.2) is 0 Å². The van der Waals surface area contributed by atoms with E-state index in [2.05, 4.69) is 15.0 Å². The van der Waals surface area contributed by atoms with Crippen LogP contribution in [0.25, 0.3) is 0 Å². The third kappa shape index (κ3) is 4.02. The average Bonchev–Trinajstić information content (AvgIpc) is 3.21. The molecule has 1 atom stereocenters. The van der Waals surface area contributed by atoms with Crippen LogP contribution in [0.1, 0.15) is 42.4 Å². The van der Waals surface area contributed by atoms with Crippen LogP contribution in [0.2, 0.25) is 0 Å². The summed E-state index contributed by atoms with van der Waals surface area (Å²) in [6, 6.07) is 0. The number of aromatic nitrogens is 4. The number of H-pyrrole nitrogens is 1. The minimum absolute atomic E-state index is 0.00787. The predicted octanol–water partition coefficient (Wildman–Crippen LogP) is 2.50. The van der Waals surface area contributed by atoms with Crippen LogP contribution in [-0.4, -0.2) is 43.4 Å². The Morgan fingerprint density at radius 1 is 1.40 bits per heavy atom. The largest absolute Gasteiger partial charge is 0.432 e. The third-order valence-corrected chi connectivity index (χ3v) is 4.57. The zero-order valence-electron chi connectivity index (χ0n) is 13.9. The summed E-state index contributed by atoms with van der Waals surface area (Å²) in [6.45, 7) is 1.03. The first-order valence-corrected chi connectivity index (χ1v) is 8.19. The topological polar surface area (TPSA) is 66.8 Å². The summed E-state index contributed by atoms with van der Waals surface area (Å²) in [5.74, 6) is 0.121. The summed E-state index contributed by atoms with van der Waals surface area (Å²) in [5, 5.41) is 0. The number of hydrogen-bond donors (Lipinski definition) is 1. The monoisotopic (exact) mass is 355 g/mol. The predicted molar refractivity (Wildman–Crippen MR) is 83.7 cm³/mol. The Kier molecular flexibility index (Phi) is 4.82. The van der Waals surface area contributed by atoms with Gasteiger partial charge in [0.2, 0.25) is 5.91 Å². The van der Waals surface area contributed by atoms with E-state index in [-0.39, 0.29) is 11.8 Å². The summed E-state index contributed by atoms with van der Waals surface area (Å²) in [4.78, 5) is 24.4. The number of hydrogen-bond acceptors (Lipinski definition) is 3. The van der Waals surface area contributed by atoms with Crippen LogP contribution in [0.5, 0.6) is 0 Å². The summed E-state index contributed by atoms with van der Waals surface area (Å²) in [5.41, 5.74) is 0.130. The first-order valence-electron chi connectivity index (χ1n) is 8.19. The fourth-order valence-corrected chi connectivity index (χ4v) is 3.13. The molecule has 2 aromatic rings. The highest BCUT2D eigenvalue weighted by Crippen LogP contribution is 2.31. The molecule has 0 saturated carbocycles. The number of rotatable bonds is 4. The second-order valence-electron chi connectivity index (χ2n) is 6.35. The standard InChI is InChI=1S/C16H20F3N5O/c1-23-10-20-7-12(23)4-5-14(25)24-6-2-3-11(9-24)15-21-8-13(22-15)16(17,18)19/h7-8,10-11H,2-6,9H2,1H3,(H,21,22). The lowest BCUT2D eigenvalue weighted by Crippen LogP contribution is -2.39. The average molecular weight is 355 g/mol. The molecule has 1 aliphatic rings. The lowest BCUT2D eigenvalue weighted by Gasteiger charge is -2.32. The number of nitrogens with one attached hydrogen (secondary N) is 1. The highest BCUT2D eigenvalue weighted by Gasteiger charge is 2.34. The maximum Gasteiger partial charge on any atom is 0.432 e. The van der Waals surface area contributed by atoms with E-state index in [1.54, 1.807) is 17.4 Å². The highest BCUT2D eigenvalue weighted by molar-refractivity contribution is 5.76. The van der Waals surface area contributed by atoms with Crippen molar-refractivity contribution in [3.05, 3.63) is 35.9 Å². The number of carbonyl (C=O) groups is 1. The summed E-state index contributed by atoms with van der Waals surface area (Å²) < 4.78 is 40.0. The number of piperidine rings is 1. The number of imidazole rings is 2. The van der Waals surface area contributed by atoms with Gasteiger partial charge in [-0.15, -0.1) is 0 Å². The van der Waals surface area contributed by atoms with Crippen molar-refractivity contribution in [2.75, 3.05) is 13.1 Å². The van der Waals surface area contributed by atoms with Gasteiger partial charge in [-0.2, -0.15) is 13.2 Å². The molecule has 0 aromatic carbocycles. The zero-order valence-corrected chi connectivity index (χ0v) is 13.9. The van der Waals surface area contributed by atoms with E-state index in [0.717, 1.165) is 24.7 Å². The van der Waals surface area contributed by atoms with Crippen LogP contribution < -0.4 is 0 Å². The van der Waals surface area contributed by atoms with E-state index in [4.69, 9.17) is 0 Å². The summed E-state index contributed by atoms with van der Waals surface area (Å²) >= 11 is 0. The Morgan fingerprint density at radius 3 is 2.84 bits per heavy atom. The normalized spacial score (nSPS) is 18.6. The zero-order chi connectivity index (χ0) is 18.0. The molecule has 1 aliphatic heterocycles. The van der Waals surface area contributed by atoms with Gasteiger partial charge in [0.05, 0.1) is 12.5 Å². The fraction of sp³-hybridized carbons (Fsp3) is 0.562. The third-order valence-electron chi connectivity index (χ3n) is 4.57. The molecule has 1 unspecified atom stereocenters. The van der Waals surface area contributed by atoms with Crippen molar-refractivity contribution in [1.29, 1.82) is 0 Å². The lowest BCUT2D eigenvalue weighted by atomic mass is 9.97. The minimum Gasteiger partial charge on any atom is -0.342 e. The molecule has 1 amide bonds. The van der Waals surface area contributed by atoms with Gasteiger partial charge >= 0.3 is 6.18 Å². The molecule has 3 rings (SSSR count). The second-order valence-corrected chi connectivity index (χ2v) is 6.35. The van der Waals surface area contributed by atoms with Crippen LogP contribution in [0.15, 0.2) is 18.7 Å². The van der Waals surface area contributed by atoms with Gasteiger partial charge in [-0.05, 0) is 19.3 Å². The van der Waals surface area contributed by atoms with Gasteiger partial charge in [-0.25, -0.2) is 9.97 Å². The van der Waals surface area contributed by atoms with Gasteiger partial charge in [0.25, 0.3) is 0 Å². The quantitative estimate of drug-likeness (QED) is 0.916. The van der Waals surface area contributed by atoms with Gasteiger partial charge in [-0.3, -0.25) is 4.79 Å². The van der Waals surface area contributed by atoms with E-state index in [1.807, 2.05) is 11.6 Å². The van der Waals surface area contributed by atoms with E-state index < -0.39 is 11.9 Å².